The minimum Gasteiger partial charge on any atom is -0.456 e. The number of para-hydroxylation sites is 3. The van der Waals surface area contributed by atoms with Gasteiger partial charge in [-0.3, -0.25) is 0 Å². The van der Waals surface area contributed by atoms with Gasteiger partial charge in [0, 0.05) is 60.3 Å². The van der Waals surface area contributed by atoms with E-state index in [1.807, 2.05) is 78.9 Å². The van der Waals surface area contributed by atoms with Crippen LogP contribution in [0.15, 0.2) is 191 Å². The number of benzene rings is 8. The quantitative estimate of drug-likeness (QED) is 0.176. The summed E-state index contributed by atoms with van der Waals surface area (Å²) in [4.78, 5) is 14.8. The molecule has 0 N–H and O–H groups in total. The molecule has 0 spiro atoms. The Labute approximate surface area is 325 Å². The van der Waals surface area contributed by atoms with Gasteiger partial charge in [-0.25, -0.2) is 15.0 Å². The summed E-state index contributed by atoms with van der Waals surface area (Å²) in [6.07, 6.45) is 0. The predicted octanol–water partition coefficient (Wildman–Crippen LogP) is 13.4. The number of hydrogen-bond donors (Lipinski definition) is 0. The maximum Gasteiger partial charge on any atom is 0.164 e. The second kappa shape index (κ2) is 12.3. The lowest BCUT2D eigenvalue weighted by Gasteiger charge is -2.08. The van der Waals surface area contributed by atoms with Crippen molar-refractivity contribution < 1.29 is 8.83 Å². The van der Waals surface area contributed by atoms with Crippen molar-refractivity contribution in [3.05, 3.63) is 182 Å². The van der Waals surface area contributed by atoms with Gasteiger partial charge in [-0.2, -0.15) is 0 Å². The second-order valence-corrected chi connectivity index (χ2v) is 14.4. The molecule has 12 aromatic rings. The van der Waals surface area contributed by atoms with Crippen LogP contribution in [-0.4, -0.2) is 19.5 Å². The molecule has 4 heterocycles. The zero-order valence-corrected chi connectivity index (χ0v) is 30.4. The normalized spacial score (nSPS) is 11.9. The highest BCUT2D eigenvalue weighted by molar-refractivity contribution is 6.27. The summed E-state index contributed by atoms with van der Waals surface area (Å²) in [5, 5.41) is 6.52. The van der Waals surface area contributed by atoms with Crippen molar-refractivity contribution in [2.75, 3.05) is 0 Å². The van der Waals surface area contributed by atoms with Gasteiger partial charge in [0.15, 0.2) is 17.5 Å². The SMILES string of the molecule is c1ccc(-c2nc(-c3ccccc3)nc(-c3ccc4c(c3)oc3ccc5oc6c(-c7ccc8c(c7)c7ccccc7n8-c7ccccc7)cccc6c5c34)n2)cc1. The summed E-state index contributed by atoms with van der Waals surface area (Å²) < 4.78 is 15.7. The van der Waals surface area contributed by atoms with Crippen molar-refractivity contribution in [3.8, 4) is 51.0 Å². The molecular weight excluding hydrogens is 701 g/mol. The molecule has 4 aromatic heterocycles. The lowest BCUT2D eigenvalue weighted by atomic mass is 9.99. The van der Waals surface area contributed by atoms with E-state index < -0.39 is 0 Å². The van der Waals surface area contributed by atoms with E-state index in [0.717, 1.165) is 77.4 Å². The van der Waals surface area contributed by atoms with Gasteiger partial charge in [-0.15, -0.1) is 0 Å². The van der Waals surface area contributed by atoms with Crippen molar-refractivity contribution in [2.24, 2.45) is 0 Å². The second-order valence-electron chi connectivity index (χ2n) is 14.4. The van der Waals surface area contributed by atoms with Gasteiger partial charge in [0.2, 0.25) is 0 Å². The van der Waals surface area contributed by atoms with E-state index in [2.05, 4.69) is 108 Å². The van der Waals surface area contributed by atoms with Crippen LogP contribution in [0.2, 0.25) is 0 Å². The molecule has 57 heavy (non-hydrogen) atoms. The van der Waals surface area contributed by atoms with E-state index in [9.17, 15) is 0 Å². The third-order valence-corrected chi connectivity index (χ3v) is 11.1. The van der Waals surface area contributed by atoms with Crippen LogP contribution in [0.25, 0.3) is 117 Å². The number of fused-ring (bicyclic) bond motifs is 10. The van der Waals surface area contributed by atoms with Crippen LogP contribution in [0.1, 0.15) is 0 Å². The summed E-state index contributed by atoms with van der Waals surface area (Å²) in [7, 11) is 0. The Morgan fingerprint density at radius 2 is 0.930 bits per heavy atom. The Balaban J connectivity index is 1.01. The van der Waals surface area contributed by atoms with E-state index in [1.165, 1.54) is 21.8 Å². The molecule has 0 radical (unpaired) electrons. The van der Waals surface area contributed by atoms with Gasteiger partial charge in [0.1, 0.15) is 22.3 Å². The van der Waals surface area contributed by atoms with E-state index in [-0.39, 0.29) is 0 Å². The highest BCUT2D eigenvalue weighted by atomic mass is 16.3. The summed E-state index contributed by atoms with van der Waals surface area (Å²) >= 11 is 0. The Hall–Kier alpha value is -7.83. The van der Waals surface area contributed by atoms with Crippen LogP contribution in [0.3, 0.4) is 0 Å². The predicted molar refractivity (Wildman–Crippen MR) is 230 cm³/mol. The van der Waals surface area contributed by atoms with Crippen LogP contribution in [-0.2, 0) is 0 Å². The monoisotopic (exact) mass is 730 g/mol. The van der Waals surface area contributed by atoms with Gasteiger partial charge < -0.3 is 13.4 Å². The number of aromatic nitrogens is 4. The molecule has 12 rings (SSSR count). The lowest BCUT2D eigenvalue weighted by Crippen LogP contribution is -2.00. The van der Waals surface area contributed by atoms with Gasteiger partial charge in [-0.1, -0.05) is 127 Å². The van der Waals surface area contributed by atoms with Crippen LogP contribution >= 0.6 is 0 Å². The zero-order valence-electron chi connectivity index (χ0n) is 30.4. The Bertz CT molecular complexity index is 3450. The molecule has 0 amide bonds. The molecule has 0 saturated heterocycles. The molecule has 266 valence electrons. The largest absolute Gasteiger partial charge is 0.456 e. The van der Waals surface area contributed by atoms with Crippen LogP contribution in [0, 0.1) is 0 Å². The Morgan fingerprint density at radius 1 is 0.351 bits per heavy atom. The smallest absolute Gasteiger partial charge is 0.164 e. The number of rotatable bonds is 5. The van der Waals surface area contributed by atoms with Crippen LogP contribution in [0.4, 0.5) is 0 Å². The number of furan rings is 2. The number of hydrogen-bond acceptors (Lipinski definition) is 5. The van der Waals surface area contributed by atoms with Gasteiger partial charge in [-0.05, 0) is 60.2 Å². The minimum atomic E-state index is 0.581. The highest BCUT2D eigenvalue weighted by Crippen LogP contribution is 2.44. The minimum absolute atomic E-state index is 0.581. The first-order chi connectivity index (χ1) is 28.2. The molecular formula is C51H30N4O2. The fourth-order valence-corrected chi connectivity index (χ4v) is 8.45. The zero-order chi connectivity index (χ0) is 37.5. The summed E-state index contributed by atoms with van der Waals surface area (Å²) in [6.45, 7) is 0. The van der Waals surface area contributed by atoms with Gasteiger partial charge in [0.25, 0.3) is 0 Å². The molecule has 0 fully saturated rings. The van der Waals surface area contributed by atoms with E-state index in [4.69, 9.17) is 23.8 Å². The summed E-state index contributed by atoms with van der Waals surface area (Å²) in [5.41, 5.74) is 11.5. The first-order valence-electron chi connectivity index (χ1n) is 19.0. The molecule has 0 aliphatic heterocycles. The van der Waals surface area contributed by atoms with Crippen LogP contribution in [0.5, 0.6) is 0 Å². The maximum atomic E-state index is 6.77. The standard InChI is InChI=1S/C51H30N4O2/c1-4-13-31(14-5-1)49-52-50(32-15-6-2-7-16-32)54-51(53-49)34-23-25-38-45(30-34)56-43-27-28-44-47(46(38)43)39-21-12-20-36(48(39)57-44)33-24-26-42-40(29-33)37-19-10-11-22-41(37)55(42)35-17-8-3-9-18-35/h1-30H. The first kappa shape index (κ1) is 31.5. The van der Waals surface area contributed by atoms with E-state index in [1.54, 1.807) is 0 Å². The lowest BCUT2D eigenvalue weighted by molar-refractivity contribution is 0.663. The third-order valence-electron chi connectivity index (χ3n) is 11.1. The van der Waals surface area contributed by atoms with E-state index >= 15 is 0 Å². The average Bonchev–Trinajstić information content (AvgIpc) is 3.96. The molecule has 6 nitrogen and oxygen atoms in total. The van der Waals surface area contributed by atoms with Gasteiger partial charge in [0.05, 0.1) is 11.0 Å². The molecule has 6 heteroatoms. The van der Waals surface area contributed by atoms with Crippen molar-refractivity contribution >= 4 is 65.7 Å². The van der Waals surface area contributed by atoms with Crippen molar-refractivity contribution in [3.63, 3.8) is 0 Å². The summed E-state index contributed by atoms with van der Waals surface area (Å²) in [6, 6.07) is 62.6. The topological polar surface area (TPSA) is 69.9 Å². The maximum absolute atomic E-state index is 6.77. The molecule has 0 unspecified atom stereocenters. The van der Waals surface area contributed by atoms with Crippen molar-refractivity contribution in [1.29, 1.82) is 0 Å². The average molecular weight is 731 g/mol. The molecule has 8 aromatic carbocycles. The molecule has 0 atom stereocenters. The third kappa shape index (κ3) is 4.94. The number of nitrogens with zero attached hydrogens (tertiary/aromatic N) is 4. The summed E-state index contributed by atoms with van der Waals surface area (Å²) in [5.74, 6) is 1.82. The Kier molecular flexibility index (Phi) is 6.83. The van der Waals surface area contributed by atoms with E-state index in [0.29, 0.717) is 17.5 Å². The molecule has 0 saturated carbocycles. The molecule has 0 aliphatic carbocycles. The molecule has 0 aliphatic rings. The highest BCUT2D eigenvalue weighted by Gasteiger charge is 2.21. The Morgan fingerprint density at radius 3 is 1.67 bits per heavy atom. The fourth-order valence-electron chi connectivity index (χ4n) is 8.45. The van der Waals surface area contributed by atoms with Crippen molar-refractivity contribution in [1.82, 2.24) is 19.5 Å². The fraction of sp³-hybridized carbons (Fsp3) is 0. The first-order valence-corrected chi connectivity index (χ1v) is 19.0. The van der Waals surface area contributed by atoms with Crippen molar-refractivity contribution in [2.45, 2.75) is 0 Å². The van der Waals surface area contributed by atoms with Gasteiger partial charge >= 0.3 is 0 Å². The molecule has 0 bridgehead atoms. The van der Waals surface area contributed by atoms with Crippen LogP contribution < -0.4 is 0 Å².